The van der Waals surface area contributed by atoms with E-state index >= 15 is 0 Å². The zero-order valence-corrected chi connectivity index (χ0v) is 9.75. The summed E-state index contributed by atoms with van der Waals surface area (Å²) in [6.07, 6.45) is -6.08. The van der Waals surface area contributed by atoms with E-state index in [1.807, 2.05) is 0 Å². The summed E-state index contributed by atoms with van der Waals surface area (Å²) in [5.74, 6) is -1.19. The zero-order chi connectivity index (χ0) is 14.5. The van der Waals surface area contributed by atoms with E-state index in [0.717, 1.165) is 0 Å². The van der Waals surface area contributed by atoms with Gasteiger partial charge in [0.05, 0.1) is 12.6 Å². The third-order valence-electron chi connectivity index (χ3n) is 2.31. The maximum atomic E-state index is 9.45. The van der Waals surface area contributed by atoms with Gasteiger partial charge in [-0.25, -0.2) is 4.79 Å². The molecule has 0 aromatic carbocycles. The first kappa shape index (κ1) is 17.2. The van der Waals surface area contributed by atoms with Gasteiger partial charge in [-0.1, -0.05) is 0 Å². The largest absolute Gasteiger partial charge is 0.479 e. The molecular formula is C9H19NO8. The molecule has 1 saturated heterocycles. The lowest BCUT2D eigenvalue weighted by Crippen LogP contribution is -2.61. The summed E-state index contributed by atoms with van der Waals surface area (Å²) in [6.45, 7) is 0.727. The number of hydrogen-bond donors (Lipinski definition) is 7. The molecule has 0 bridgehead atoms. The lowest BCUT2D eigenvalue weighted by Gasteiger charge is -2.38. The van der Waals surface area contributed by atoms with Gasteiger partial charge < -0.3 is 41.1 Å². The van der Waals surface area contributed by atoms with E-state index in [1.54, 1.807) is 0 Å². The summed E-state index contributed by atoms with van der Waals surface area (Å²) in [5, 5.41) is 51.8. The van der Waals surface area contributed by atoms with Crippen LogP contribution < -0.4 is 5.73 Å². The van der Waals surface area contributed by atoms with E-state index in [0.29, 0.717) is 0 Å². The molecule has 108 valence electrons. The topological polar surface area (TPSA) is 174 Å². The second-order valence-corrected chi connectivity index (χ2v) is 3.82. The fraction of sp³-hybridized carbons (Fsp3) is 0.889. The van der Waals surface area contributed by atoms with Gasteiger partial charge in [-0.05, 0) is 6.92 Å². The van der Waals surface area contributed by atoms with Crippen LogP contribution in [0.3, 0.4) is 0 Å². The summed E-state index contributed by atoms with van der Waals surface area (Å²) < 4.78 is 4.70. The molecule has 18 heavy (non-hydrogen) atoms. The number of aliphatic hydroxyl groups is 5. The number of aliphatic hydroxyl groups excluding tert-OH is 5. The molecule has 0 spiro atoms. The Morgan fingerprint density at radius 3 is 2.11 bits per heavy atom. The molecule has 9 heteroatoms. The van der Waals surface area contributed by atoms with Crippen molar-refractivity contribution in [3.8, 4) is 0 Å². The van der Waals surface area contributed by atoms with Gasteiger partial charge in [0.2, 0.25) is 0 Å². The van der Waals surface area contributed by atoms with E-state index in [2.05, 4.69) is 0 Å². The molecule has 1 aliphatic rings. The smallest absolute Gasteiger partial charge is 0.332 e. The maximum absolute atomic E-state index is 9.45. The molecule has 1 aliphatic heterocycles. The van der Waals surface area contributed by atoms with Crippen LogP contribution in [0.5, 0.6) is 0 Å². The molecule has 1 heterocycles. The first-order valence-electron chi connectivity index (χ1n) is 5.19. The number of ether oxygens (including phenoxy) is 1. The average molecular weight is 269 g/mol. The maximum Gasteiger partial charge on any atom is 0.332 e. The van der Waals surface area contributed by atoms with Crippen LogP contribution in [0.2, 0.25) is 0 Å². The Morgan fingerprint density at radius 2 is 1.78 bits per heavy atom. The van der Waals surface area contributed by atoms with Crippen molar-refractivity contribution in [2.24, 2.45) is 5.73 Å². The summed E-state index contributed by atoms with van der Waals surface area (Å²) in [4.78, 5) is 9.45. The van der Waals surface area contributed by atoms with E-state index in [1.165, 1.54) is 6.92 Å². The molecular weight excluding hydrogens is 250 g/mol. The van der Waals surface area contributed by atoms with Crippen LogP contribution in [-0.4, -0.2) is 80.0 Å². The van der Waals surface area contributed by atoms with E-state index in [4.69, 9.17) is 30.9 Å². The summed E-state index contributed by atoms with van der Waals surface area (Å²) in [7, 11) is 0. The highest BCUT2D eigenvalue weighted by atomic mass is 16.6. The van der Waals surface area contributed by atoms with Crippen molar-refractivity contribution in [2.75, 3.05) is 6.61 Å². The zero-order valence-electron chi connectivity index (χ0n) is 9.75. The Bertz CT molecular complexity index is 256. The van der Waals surface area contributed by atoms with Gasteiger partial charge in [-0.15, -0.1) is 0 Å². The van der Waals surface area contributed by atoms with Crippen LogP contribution in [0.4, 0.5) is 0 Å². The van der Waals surface area contributed by atoms with Crippen molar-refractivity contribution in [1.29, 1.82) is 0 Å². The minimum atomic E-state index is -1.35. The number of carbonyl (C=O) groups is 1. The van der Waals surface area contributed by atoms with Crippen LogP contribution in [0, 0.1) is 0 Å². The number of carboxylic acid groups (broad SMARTS) is 1. The molecule has 8 N–H and O–H groups in total. The Kier molecular flexibility index (Phi) is 7.25. The highest BCUT2D eigenvalue weighted by Gasteiger charge is 2.41. The second kappa shape index (κ2) is 7.59. The van der Waals surface area contributed by atoms with Crippen molar-refractivity contribution < 1.29 is 40.2 Å². The van der Waals surface area contributed by atoms with Gasteiger partial charge in [-0.3, -0.25) is 0 Å². The minimum absolute atomic E-state index is 0.470. The Morgan fingerprint density at radius 1 is 1.33 bits per heavy atom. The third kappa shape index (κ3) is 4.82. The van der Waals surface area contributed by atoms with Gasteiger partial charge in [-0.2, -0.15) is 0 Å². The number of rotatable bonds is 2. The summed E-state index contributed by atoms with van der Waals surface area (Å²) >= 11 is 0. The average Bonchev–Trinajstić information content (AvgIpc) is 2.31. The van der Waals surface area contributed by atoms with Crippen LogP contribution in [0.15, 0.2) is 0 Å². The molecule has 1 rings (SSSR count). The van der Waals surface area contributed by atoms with Crippen molar-refractivity contribution in [3.05, 3.63) is 0 Å². The van der Waals surface area contributed by atoms with E-state index < -0.39 is 49.3 Å². The van der Waals surface area contributed by atoms with Crippen molar-refractivity contribution >= 4 is 5.97 Å². The van der Waals surface area contributed by atoms with Crippen LogP contribution in [0.1, 0.15) is 6.92 Å². The van der Waals surface area contributed by atoms with Crippen molar-refractivity contribution in [1.82, 2.24) is 0 Å². The monoisotopic (exact) mass is 269 g/mol. The molecule has 0 aromatic heterocycles. The standard InChI is InChI=1S/C6H13NO5.C3H6O3/c7-3-5(10)4(9)2(1-8)12-6(3)11;1-2(4)3(5)6/h2-6,8-11H,1,7H2;2,4H,1H3,(H,5,6)/t2-,3-,4-,5-,6-;/m1./s1. The molecule has 1 unspecified atom stereocenters. The molecule has 9 nitrogen and oxygen atoms in total. The molecule has 1 fully saturated rings. The van der Waals surface area contributed by atoms with Crippen molar-refractivity contribution in [2.45, 2.75) is 43.7 Å². The molecule has 6 atom stereocenters. The van der Waals surface area contributed by atoms with Gasteiger partial charge in [0.15, 0.2) is 6.29 Å². The normalized spacial score (nSPS) is 37.4. The fourth-order valence-electron chi connectivity index (χ4n) is 1.12. The van der Waals surface area contributed by atoms with Crippen molar-refractivity contribution in [3.63, 3.8) is 0 Å². The van der Waals surface area contributed by atoms with Gasteiger partial charge >= 0.3 is 5.97 Å². The highest BCUT2D eigenvalue weighted by molar-refractivity contribution is 5.71. The van der Waals surface area contributed by atoms with Crippen LogP contribution >= 0.6 is 0 Å². The van der Waals surface area contributed by atoms with E-state index in [-0.39, 0.29) is 0 Å². The minimum Gasteiger partial charge on any atom is -0.479 e. The number of aliphatic carboxylic acids is 1. The Hall–Kier alpha value is -0.810. The lowest BCUT2D eigenvalue weighted by molar-refractivity contribution is -0.248. The van der Waals surface area contributed by atoms with Crippen LogP contribution in [-0.2, 0) is 9.53 Å². The molecule has 0 saturated carbocycles. The van der Waals surface area contributed by atoms with Crippen LogP contribution in [0.25, 0.3) is 0 Å². The summed E-state index contributed by atoms with van der Waals surface area (Å²) in [5.41, 5.74) is 5.26. The molecule has 0 radical (unpaired) electrons. The number of carboxylic acids is 1. The molecule has 0 amide bonds. The number of hydrogen-bond acceptors (Lipinski definition) is 8. The Labute approximate surface area is 103 Å². The Balaban J connectivity index is 0.000000411. The van der Waals surface area contributed by atoms with E-state index in [9.17, 15) is 15.0 Å². The predicted octanol–water partition coefficient (Wildman–Crippen LogP) is -3.80. The lowest BCUT2D eigenvalue weighted by atomic mass is 9.98. The number of nitrogens with two attached hydrogens (primary N) is 1. The van der Waals surface area contributed by atoms with Gasteiger partial charge in [0, 0.05) is 0 Å². The fourth-order valence-corrected chi connectivity index (χ4v) is 1.12. The summed E-state index contributed by atoms with van der Waals surface area (Å²) in [6, 6.07) is -1.04. The molecule has 0 aliphatic carbocycles. The van der Waals surface area contributed by atoms with Gasteiger partial charge in [0.1, 0.15) is 24.4 Å². The SMILES string of the molecule is CC(O)C(=O)O.N[C@@H]1[C@@H](O)[C@H](O)[C@@H](CO)O[C@H]1O. The molecule has 0 aromatic rings. The van der Waals surface area contributed by atoms with Gasteiger partial charge in [0.25, 0.3) is 0 Å². The first-order valence-corrected chi connectivity index (χ1v) is 5.19. The second-order valence-electron chi connectivity index (χ2n) is 3.82. The first-order chi connectivity index (χ1) is 8.22. The quantitative estimate of drug-likeness (QED) is 0.265. The highest BCUT2D eigenvalue weighted by Crippen LogP contribution is 2.17. The third-order valence-corrected chi connectivity index (χ3v) is 2.31. The predicted molar refractivity (Wildman–Crippen MR) is 57.3 cm³/mol.